The molecule has 0 spiro atoms. The number of rotatable bonds is 3. The van der Waals surface area contributed by atoms with Gasteiger partial charge >= 0.3 is 0 Å². The highest BCUT2D eigenvalue weighted by Gasteiger charge is 2.23. The molecule has 1 atom stereocenters. The molecule has 80 valence electrons. The molecule has 0 aliphatic heterocycles. The van der Waals surface area contributed by atoms with Gasteiger partial charge in [0.25, 0.3) is 0 Å². The molecule has 1 rings (SSSR count). The third-order valence-corrected chi connectivity index (χ3v) is 2.14. The highest BCUT2D eigenvalue weighted by Crippen LogP contribution is 2.23. The molecule has 1 aromatic rings. The molecule has 1 unspecified atom stereocenters. The van der Waals surface area contributed by atoms with Gasteiger partial charge in [0.2, 0.25) is 11.8 Å². The Labute approximate surface area is 85.1 Å². The molecule has 0 amide bonds. The molecule has 14 heavy (non-hydrogen) atoms. The molecule has 0 bridgehead atoms. The van der Waals surface area contributed by atoms with Gasteiger partial charge in [0.15, 0.2) is 0 Å². The van der Waals surface area contributed by atoms with Crippen LogP contribution in [-0.2, 0) is 5.41 Å². The SMILES string of the molecule is CCC(NC)c1nnc(C(C)(C)C)o1. The van der Waals surface area contributed by atoms with E-state index in [1.807, 2.05) is 7.05 Å². The van der Waals surface area contributed by atoms with Crippen molar-refractivity contribution in [3.63, 3.8) is 0 Å². The molecular weight excluding hydrogens is 178 g/mol. The Morgan fingerprint density at radius 3 is 2.36 bits per heavy atom. The lowest BCUT2D eigenvalue weighted by molar-refractivity contribution is 0.341. The van der Waals surface area contributed by atoms with Crippen LogP contribution in [0.1, 0.15) is 51.9 Å². The second kappa shape index (κ2) is 4.09. The fourth-order valence-corrected chi connectivity index (χ4v) is 1.18. The van der Waals surface area contributed by atoms with Crippen LogP contribution in [0.15, 0.2) is 4.42 Å². The molecule has 0 radical (unpaired) electrons. The van der Waals surface area contributed by atoms with Crippen molar-refractivity contribution >= 4 is 0 Å². The van der Waals surface area contributed by atoms with Crippen LogP contribution in [-0.4, -0.2) is 17.2 Å². The van der Waals surface area contributed by atoms with E-state index >= 15 is 0 Å². The summed E-state index contributed by atoms with van der Waals surface area (Å²) in [6.45, 7) is 8.27. The second-order valence-electron chi connectivity index (χ2n) is 4.44. The summed E-state index contributed by atoms with van der Waals surface area (Å²) >= 11 is 0. The molecule has 0 saturated heterocycles. The van der Waals surface area contributed by atoms with Gasteiger partial charge in [-0.05, 0) is 13.5 Å². The summed E-state index contributed by atoms with van der Waals surface area (Å²) in [6.07, 6.45) is 0.947. The van der Waals surface area contributed by atoms with Crippen LogP contribution >= 0.6 is 0 Å². The van der Waals surface area contributed by atoms with Gasteiger partial charge in [-0.1, -0.05) is 27.7 Å². The predicted molar refractivity (Wildman–Crippen MR) is 55.1 cm³/mol. The van der Waals surface area contributed by atoms with Crippen LogP contribution < -0.4 is 5.32 Å². The fourth-order valence-electron chi connectivity index (χ4n) is 1.18. The standard InChI is InChI=1S/C10H19N3O/c1-6-7(11-5)8-12-13-9(14-8)10(2,3)4/h7,11H,6H2,1-5H3. The quantitative estimate of drug-likeness (QED) is 0.805. The topological polar surface area (TPSA) is 51.0 Å². The third kappa shape index (κ3) is 2.32. The molecule has 0 saturated carbocycles. The summed E-state index contributed by atoms with van der Waals surface area (Å²) in [5.74, 6) is 1.38. The molecule has 0 aromatic carbocycles. The Balaban J connectivity index is 2.87. The van der Waals surface area contributed by atoms with Gasteiger partial charge in [-0.2, -0.15) is 0 Å². The summed E-state index contributed by atoms with van der Waals surface area (Å²) in [6, 6.07) is 0.165. The summed E-state index contributed by atoms with van der Waals surface area (Å²) < 4.78 is 5.61. The average Bonchev–Trinajstić information content (AvgIpc) is 2.54. The first-order valence-corrected chi connectivity index (χ1v) is 5.00. The average molecular weight is 197 g/mol. The van der Waals surface area contributed by atoms with E-state index in [9.17, 15) is 0 Å². The maximum Gasteiger partial charge on any atom is 0.233 e. The first-order chi connectivity index (χ1) is 6.49. The number of aromatic nitrogens is 2. The van der Waals surface area contributed by atoms with Gasteiger partial charge in [-0.25, -0.2) is 0 Å². The van der Waals surface area contributed by atoms with Crippen molar-refractivity contribution in [2.45, 2.75) is 45.6 Å². The molecule has 1 aromatic heterocycles. The number of hydrogen-bond acceptors (Lipinski definition) is 4. The minimum absolute atomic E-state index is 0.0721. The molecule has 4 heteroatoms. The van der Waals surface area contributed by atoms with Crippen molar-refractivity contribution in [1.29, 1.82) is 0 Å². The maximum absolute atomic E-state index is 5.61. The van der Waals surface area contributed by atoms with Crippen molar-refractivity contribution in [3.05, 3.63) is 11.8 Å². The van der Waals surface area contributed by atoms with Gasteiger partial charge in [0.05, 0.1) is 6.04 Å². The first kappa shape index (κ1) is 11.2. The van der Waals surface area contributed by atoms with Crippen molar-refractivity contribution in [1.82, 2.24) is 15.5 Å². The fraction of sp³-hybridized carbons (Fsp3) is 0.800. The van der Waals surface area contributed by atoms with Crippen molar-refractivity contribution in [2.24, 2.45) is 0 Å². The molecule has 4 nitrogen and oxygen atoms in total. The minimum Gasteiger partial charge on any atom is -0.423 e. The van der Waals surface area contributed by atoms with Crippen LogP contribution in [0.4, 0.5) is 0 Å². The van der Waals surface area contributed by atoms with Gasteiger partial charge in [-0.3, -0.25) is 0 Å². The summed E-state index contributed by atoms with van der Waals surface area (Å²) in [5.41, 5.74) is -0.0721. The highest BCUT2D eigenvalue weighted by atomic mass is 16.4. The molecule has 1 N–H and O–H groups in total. The van der Waals surface area contributed by atoms with Crippen molar-refractivity contribution in [2.75, 3.05) is 7.05 Å². The van der Waals surface area contributed by atoms with E-state index in [1.54, 1.807) is 0 Å². The van der Waals surface area contributed by atoms with E-state index in [0.29, 0.717) is 11.8 Å². The van der Waals surface area contributed by atoms with Crippen LogP contribution in [0, 0.1) is 0 Å². The van der Waals surface area contributed by atoms with Crippen molar-refractivity contribution in [3.8, 4) is 0 Å². The molecule has 1 heterocycles. The third-order valence-electron chi connectivity index (χ3n) is 2.14. The van der Waals surface area contributed by atoms with Crippen LogP contribution in [0.5, 0.6) is 0 Å². The summed E-state index contributed by atoms with van der Waals surface area (Å²) in [7, 11) is 1.90. The lowest BCUT2D eigenvalue weighted by atomic mass is 9.97. The minimum atomic E-state index is -0.0721. The van der Waals surface area contributed by atoms with Gasteiger partial charge in [-0.15, -0.1) is 10.2 Å². The Morgan fingerprint density at radius 1 is 1.36 bits per heavy atom. The Kier molecular flexibility index (Phi) is 3.26. The second-order valence-corrected chi connectivity index (χ2v) is 4.44. The molecule has 0 aliphatic rings. The van der Waals surface area contributed by atoms with Gasteiger partial charge < -0.3 is 9.73 Å². The molecule has 0 fully saturated rings. The van der Waals surface area contributed by atoms with E-state index in [0.717, 1.165) is 6.42 Å². The Bertz CT molecular complexity index is 284. The van der Waals surface area contributed by atoms with Gasteiger partial charge in [0, 0.05) is 5.41 Å². The molecular formula is C10H19N3O. The monoisotopic (exact) mass is 197 g/mol. The number of nitrogens with one attached hydrogen (secondary N) is 1. The zero-order chi connectivity index (χ0) is 10.8. The van der Waals surface area contributed by atoms with Crippen LogP contribution in [0.25, 0.3) is 0 Å². The molecule has 0 aliphatic carbocycles. The largest absolute Gasteiger partial charge is 0.423 e. The summed E-state index contributed by atoms with van der Waals surface area (Å²) in [5, 5.41) is 11.2. The summed E-state index contributed by atoms with van der Waals surface area (Å²) in [4.78, 5) is 0. The Hall–Kier alpha value is -0.900. The van der Waals surface area contributed by atoms with Crippen molar-refractivity contribution < 1.29 is 4.42 Å². The van der Waals surface area contributed by atoms with Crippen LogP contribution in [0.3, 0.4) is 0 Å². The Morgan fingerprint density at radius 2 is 2.00 bits per heavy atom. The predicted octanol–water partition coefficient (Wildman–Crippen LogP) is 2.04. The smallest absolute Gasteiger partial charge is 0.233 e. The van der Waals surface area contributed by atoms with E-state index < -0.39 is 0 Å². The van der Waals surface area contributed by atoms with Crippen LogP contribution in [0.2, 0.25) is 0 Å². The van der Waals surface area contributed by atoms with E-state index in [4.69, 9.17) is 4.42 Å². The first-order valence-electron chi connectivity index (χ1n) is 5.00. The lowest BCUT2D eigenvalue weighted by Crippen LogP contribution is -2.15. The lowest BCUT2D eigenvalue weighted by Gasteiger charge is -2.12. The zero-order valence-electron chi connectivity index (χ0n) is 9.59. The normalized spacial score (nSPS) is 14.4. The maximum atomic E-state index is 5.61. The zero-order valence-corrected chi connectivity index (χ0v) is 9.59. The van der Waals surface area contributed by atoms with Gasteiger partial charge in [0.1, 0.15) is 0 Å². The van der Waals surface area contributed by atoms with E-state index in [2.05, 4.69) is 43.2 Å². The van der Waals surface area contributed by atoms with E-state index in [1.165, 1.54) is 0 Å². The number of nitrogens with zero attached hydrogens (tertiary/aromatic N) is 2. The van der Waals surface area contributed by atoms with E-state index in [-0.39, 0.29) is 11.5 Å². The number of hydrogen-bond donors (Lipinski definition) is 1. The highest BCUT2D eigenvalue weighted by molar-refractivity contribution is 4.98.